The molecule has 8 heteroatoms. The number of hydrogen-bond donors (Lipinski definition) is 0. The van der Waals surface area contributed by atoms with Gasteiger partial charge < -0.3 is 4.90 Å². The maximum absolute atomic E-state index is 13.0. The molecule has 3 heterocycles. The van der Waals surface area contributed by atoms with Crippen molar-refractivity contribution in [1.29, 1.82) is 0 Å². The number of nitrogens with zero attached hydrogens (tertiary/aromatic N) is 4. The molecule has 2 fully saturated rings. The third-order valence-electron chi connectivity index (χ3n) is 6.73. The minimum absolute atomic E-state index is 0.0405. The molecule has 0 radical (unpaired) electrons. The number of likely N-dealkylation sites (tertiary alicyclic amines) is 1. The summed E-state index contributed by atoms with van der Waals surface area (Å²) in [6.45, 7) is 5.54. The molecule has 0 spiro atoms. The minimum atomic E-state index is -4.10. The second kappa shape index (κ2) is 7.61. The van der Waals surface area contributed by atoms with Gasteiger partial charge in [-0.1, -0.05) is 6.92 Å². The van der Waals surface area contributed by atoms with E-state index in [1.807, 2.05) is 23.6 Å². The number of aryl methyl sites for hydroxylation is 1. The molecule has 2 aliphatic rings. The van der Waals surface area contributed by atoms with E-state index in [2.05, 4.69) is 11.9 Å². The molecule has 1 saturated carbocycles. The van der Waals surface area contributed by atoms with Gasteiger partial charge in [-0.2, -0.15) is 18.3 Å². The van der Waals surface area contributed by atoms with E-state index in [0.717, 1.165) is 42.1 Å². The van der Waals surface area contributed by atoms with Crippen LogP contribution in [0.2, 0.25) is 0 Å². The normalized spacial score (nSPS) is 28.7. The molecule has 158 valence electrons. The first-order valence-electron chi connectivity index (χ1n) is 10.4. The molecule has 1 saturated heterocycles. The lowest BCUT2D eigenvalue weighted by molar-refractivity contribution is -0.182. The van der Waals surface area contributed by atoms with Crippen LogP contribution in [0.3, 0.4) is 0 Å². The smallest absolute Gasteiger partial charge is 0.345 e. The van der Waals surface area contributed by atoms with Gasteiger partial charge in [0.2, 0.25) is 6.41 Å². The largest absolute Gasteiger partial charge is 0.391 e. The first-order chi connectivity index (χ1) is 13.8. The molecule has 1 aliphatic heterocycles. The van der Waals surface area contributed by atoms with Crippen LogP contribution in [0.25, 0.3) is 5.65 Å². The summed E-state index contributed by atoms with van der Waals surface area (Å²) in [5.41, 5.74) is 3.49. The van der Waals surface area contributed by atoms with Gasteiger partial charge >= 0.3 is 6.18 Å². The molecule has 29 heavy (non-hydrogen) atoms. The molecule has 0 N–H and O–H groups in total. The van der Waals surface area contributed by atoms with E-state index < -0.39 is 12.1 Å². The summed E-state index contributed by atoms with van der Waals surface area (Å²) in [6.07, 6.45) is -0.941. The van der Waals surface area contributed by atoms with Crippen molar-refractivity contribution in [3.8, 4) is 0 Å². The lowest BCUT2D eigenvalue weighted by Gasteiger charge is -2.35. The minimum Gasteiger partial charge on any atom is -0.345 e. The number of amides is 1. The van der Waals surface area contributed by atoms with Gasteiger partial charge in [-0.3, -0.25) is 4.79 Å². The summed E-state index contributed by atoms with van der Waals surface area (Å²) in [7, 11) is 0. The van der Waals surface area contributed by atoms with Crippen LogP contribution >= 0.6 is 0 Å². The van der Waals surface area contributed by atoms with Crippen LogP contribution in [0.15, 0.2) is 12.1 Å². The number of fused-ring (bicyclic) bond motifs is 1. The number of rotatable bonds is 3. The van der Waals surface area contributed by atoms with Crippen molar-refractivity contribution in [3.05, 3.63) is 29.2 Å². The summed E-state index contributed by atoms with van der Waals surface area (Å²) >= 11 is 0. The molecule has 2 atom stereocenters. The van der Waals surface area contributed by atoms with Gasteiger partial charge in [0, 0.05) is 36.7 Å². The molecular weight excluding hydrogens is 381 g/mol. The van der Waals surface area contributed by atoms with E-state index in [9.17, 15) is 18.0 Å². The van der Waals surface area contributed by atoms with Crippen molar-refractivity contribution in [2.24, 2.45) is 11.8 Å². The molecule has 0 unspecified atom stereocenters. The first-order valence-corrected chi connectivity index (χ1v) is 10.4. The third kappa shape index (κ3) is 3.98. The first kappa shape index (κ1) is 20.2. The Balaban J connectivity index is 1.63. The molecule has 0 bridgehead atoms. The molecule has 4 rings (SSSR count). The fourth-order valence-corrected chi connectivity index (χ4v) is 4.90. The number of alkyl halides is 3. The topological polar surface area (TPSA) is 50.5 Å². The number of aromatic nitrogens is 3. The highest BCUT2D eigenvalue weighted by Crippen LogP contribution is 2.43. The Morgan fingerprint density at radius 1 is 1.14 bits per heavy atom. The van der Waals surface area contributed by atoms with Crippen molar-refractivity contribution < 1.29 is 18.0 Å². The second-order valence-electron chi connectivity index (χ2n) is 8.72. The number of piperidine rings is 1. The van der Waals surface area contributed by atoms with Crippen molar-refractivity contribution in [1.82, 2.24) is 19.5 Å². The van der Waals surface area contributed by atoms with Gasteiger partial charge in [-0.25, -0.2) is 9.50 Å². The van der Waals surface area contributed by atoms with Crippen molar-refractivity contribution >= 4 is 12.1 Å². The summed E-state index contributed by atoms with van der Waals surface area (Å²) in [4.78, 5) is 17.7. The van der Waals surface area contributed by atoms with Crippen molar-refractivity contribution in [3.63, 3.8) is 0 Å². The Morgan fingerprint density at radius 2 is 1.86 bits per heavy atom. The molecule has 1 aliphatic carbocycles. The second-order valence-corrected chi connectivity index (χ2v) is 8.72. The van der Waals surface area contributed by atoms with Gasteiger partial charge in [0.15, 0.2) is 5.65 Å². The Kier molecular flexibility index (Phi) is 5.29. The SMILES string of the molecule is Cc1cc([C@@H]2CN(C=O)CC[C@@H]2C)n2nc(C3CCC(C(F)(F)F)CC3)cc2n1. The highest BCUT2D eigenvalue weighted by molar-refractivity contribution is 5.48. The molecule has 0 aromatic carbocycles. The fraction of sp³-hybridized carbons (Fsp3) is 0.667. The van der Waals surface area contributed by atoms with Crippen LogP contribution in [0.4, 0.5) is 13.2 Å². The lowest BCUT2D eigenvalue weighted by Crippen LogP contribution is -2.38. The fourth-order valence-electron chi connectivity index (χ4n) is 4.90. The van der Waals surface area contributed by atoms with Crippen molar-refractivity contribution in [2.75, 3.05) is 13.1 Å². The van der Waals surface area contributed by atoms with Gasteiger partial charge in [-0.15, -0.1) is 0 Å². The van der Waals surface area contributed by atoms with Crippen LogP contribution in [0, 0.1) is 18.8 Å². The highest BCUT2D eigenvalue weighted by Gasteiger charge is 2.42. The molecular formula is C21H27F3N4O. The lowest BCUT2D eigenvalue weighted by atomic mass is 9.80. The number of carbonyl (C=O) groups excluding carboxylic acids is 1. The van der Waals surface area contributed by atoms with Crippen LogP contribution in [0.5, 0.6) is 0 Å². The van der Waals surface area contributed by atoms with Gasteiger partial charge in [0.1, 0.15) is 0 Å². The quantitative estimate of drug-likeness (QED) is 0.705. The Labute approximate surface area is 168 Å². The van der Waals surface area contributed by atoms with E-state index in [-0.39, 0.29) is 24.7 Å². The highest BCUT2D eigenvalue weighted by atomic mass is 19.4. The standard InChI is InChI=1S/C21H27F3N4O/c1-13-7-8-27(12-29)11-17(13)19-9-14(2)25-20-10-18(26-28(19)20)15-3-5-16(6-4-15)21(22,23)24/h9-10,12-13,15-17H,3-8,11H2,1-2H3/t13-,15?,16?,17+/m0/s1. The Bertz CT molecular complexity index is 886. The molecule has 1 amide bonds. The predicted molar refractivity (Wildman–Crippen MR) is 103 cm³/mol. The van der Waals surface area contributed by atoms with E-state index in [1.54, 1.807) is 4.90 Å². The van der Waals surface area contributed by atoms with Crippen LogP contribution in [-0.4, -0.2) is 45.2 Å². The Morgan fingerprint density at radius 3 is 2.52 bits per heavy atom. The van der Waals surface area contributed by atoms with Crippen LogP contribution in [0.1, 0.15) is 67.9 Å². The molecule has 2 aromatic heterocycles. The Hall–Kier alpha value is -2.12. The maximum Gasteiger partial charge on any atom is 0.391 e. The van der Waals surface area contributed by atoms with E-state index in [4.69, 9.17) is 5.10 Å². The zero-order chi connectivity index (χ0) is 20.8. The third-order valence-corrected chi connectivity index (χ3v) is 6.73. The van der Waals surface area contributed by atoms with Crippen molar-refractivity contribution in [2.45, 2.75) is 64.0 Å². The number of hydrogen-bond acceptors (Lipinski definition) is 3. The van der Waals surface area contributed by atoms with E-state index in [1.165, 1.54) is 0 Å². The van der Waals surface area contributed by atoms with Crippen LogP contribution < -0.4 is 0 Å². The summed E-state index contributed by atoms with van der Waals surface area (Å²) < 4.78 is 40.8. The summed E-state index contributed by atoms with van der Waals surface area (Å²) in [5.74, 6) is -0.583. The molecule has 2 aromatic rings. The summed E-state index contributed by atoms with van der Waals surface area (Å²) in [6, 6.07) is 3.96. The van der Waals surface area contributed by atoms with Gasteiger partial charge in [0.25, 0.3) is 0 Å². The average molecular weight is 408 g/mol. The van der Waals surface area contributed by atoms with Gasteiger partial charge in [-0.05, 0) is 51.0 Å². The number of halogens is 3. The zero-order valence-corrected chi connectivity index (χ0v) is 16.8. The van der Waals surface area contributed by atoms with Crippen LogP contribution in [-0.2, 0) is 4.79 Å². The monoisotopic (exact) mass is 408 g/mol. The van der Waals surface area contributed by atoms with E-state index in [0.29, 0.717) is 25.3 Å². The van der Waals surface area contributed by atoms with E-state index >= 15 is 0 Å². The van der Waals surface area contributed by atoms with Gasteiger partial charge in [0.05, 0.1) is 17.3 Å². The maximum atomic E-state index is 13.0. The zero-order valence-electron chi connectivity index (χ0n) is 16.8. The predicted octanol–water partition coefficient (Wildman–Crippen LogP) is 4.46. The molecule has 5 nitrogen and oxygen atoms in total. The summed E-state index contributed by atoms with van der Waals surface area (Å²) in [5, 5.41) is 4.79. The number of carbonyl (C=O) groups is 1. The average Bonchev–Trinajstić information content (AvgIpc) is 3.11.